The van der Waals surface area contributed by atoms with Crippen LogP contribution >= 0.6 is 15.9 Å². The van der Waals surface area contributed by atoms with Crippen LogP contribution in [0.15, 0.2) is 28.7 Å². The molecule has 1 aliphatic carbocycles. The zero-order chi connectivity index (χ0) is 12.3. The number of benzene rings is 1. The second kappa shape index (κ2) is 5.98. The smallest absolute Gasteiger partial charge is 0.0294 e. The Morgan fingerprint density at radius 1 is 1.29 bits per heavy atom. The minimum absolute atomic E-state index is 0.387. The average Bonchev–Trinajstić information content (AvgIpc) is 2.29. The molecule has 1 saturated carbocycles. The number of rotatable bonds is 3. The minimum Gasteiger partial charge on any atom is -0.328 e. The minimum atomic E-state index is 0.387. The maximum atomic E-state index is 6.01. The summed E-state index contributed by atoms with van der Waals surface area (Å²) in [6.45, 7) is 2.23. The molecule has 3 atom stereocenters. The molecule has 0 aliphatic heterocycles. The summed E-state index contributed by atoms with van der Waals surface area (Å²) >= 11 is 3.46. The Morgan fingerprint density at radius 2 is 2.00 bits per heavy atom. The summed E-state index contributed by atoms with van der Waals surface area (Å²) in [5.41, 5.74) is 7.35. The molecule has 17 heavy (non-hydrogen) atoms. The van der Waals surface area contributed by atoms with Crippen molar-refractivity contribution in [1.82, 2.24) is 5.32 Å². The van der Waals surface area contributed by atoms with E-state index in [1.165, 1.54) is 24.8 Å². The monoisotopic (exact) mass is 296 g/mol. The molecule has 94 valence electrons. The summed E-state index contributed by atoms with van der Waals surface area (Å²) in [5, 5.41) is 3.69. The van der Waals surface area contributed by atoms with Crippen LogP contribution in [0.5, 0.6) is 0 Å². The van der Waals surface area contributed by atoms with Gasteiger partial charge in [-0.1, -0.05) is 34.5 Å². The topological polar surface area (TPSA) is 38.0 Å². The first kappa shape index (κ1) is 13.1. The van der Waals surface area contributed by atoms with Crippen LogP contribution in [0.4, 0.5) is 0 Å². The highest BCUT2D eigenvalue weighted by Crippen LogP contribution is 2.22. The van der Waals surface area contributed by atoms with E-state index in [1.807, 2.05) is 0 Å². The van der Waals surface area contributed by atoms with Crippen molar-refractivity contribution >= 4 is 15.9 Å². The molecule has 0 amide bonds. The van der Waals surface area contributed by atoms with Gasteiger partial charge in [-0.05, 0) is 43.9 Å². The van der Waals surface area contributed by atoms with E-state index in [9.17, 15) is 0 Å². The second-order valence-electron chi connectivity index (χ2n) is 5.06. The third-order valence-electron chi connectivity index (χ3n) is 3.57. The molecule has 1 aromatic rings. The summed E-state index contributed by atoms with van der Waals surface area (Å²) in [5.74, 6) is 0. The van der Waals surface area contributed by atoms with Gasteiger partial charge in [-0.15, -0.1) is 0 Å². The van der Waals surface area contributed by atoms with Crippen LogP contribution in [-0.4, -0.2) is 12.1 Å². The Morgan fingerprint density at radius 3 is 2.65 bits per heavy atom. The van der Waals surface area contributed by atoms with Crippen molar-refractivity contribution in [2.45, 2.75) is 50.7 Å². The molecule has 0 radical (unpaired) electrons. The summed E-state index contributed by atoms with van der Waals surface area (Å²) in [7, 11) is 0. The van der Waals surface area contributed by atoms with Crippen LogP contribution in [-0.2, 0) is 0 Å². The third-order valence-corrected chi connectivity index (χ3v) is 4.10. The van der Waals surface area contributed by atoms with E-state index in [0.717, 1.165) is 10.9 Å². The Kier molecular flexibility index (Phi) is 4.60. The first-order valence-electron chi connectivity index (χ1n) is 6.42. The van der Waals surface area contributed by atoms with Crippen molar-refractivity contribution in [3.63, 3.8) is 0 Å². The summed E-state index contributed by atoms with van der Waals surface area (Å²) in [6, 6.07) is 9.91. The van der Waals surface area contributed by atoms with Crippen molar-refractivity contribution in [1.29, 1.82) is 0 Å². The normalized spacial score (nSPS) is 26.8. The number of hydrogen-bond donors (Lipinski definition) is 2. The van der Waals surface area contributed by atoms with E-state index in [0.29, 0.717) is 18.1 Å². The van der Waals surface area contributed by atoms with Gasteiger partial charge in [0, 0.05) is 22.6 Å². The Hall–Kier alpha value is -0.380. The molecule has 2 rings (SSSR count). The van der Waals surface area contributed by atoms with Gasteiger partial charge >= 0.3 is 0 Å². The van der Waals surface area contributed by atoms with Gasteiger partial charge in [0.15, 0.2) is 0 Å². The molecule has 0 spiro atoms. The second-order valence-corrected chi connectivity index (χ2v) is 5.98. The number of nitrogens with one attached hydrogen (secondary N) is 1. The van der Waals surface area contributed by atoms with Crippen molar-refractivity contribution in [2.75, 3.05) is 0 Å². The summed E-state index contributed by atoms with van der Waals surface area (Å²) in [4.78, 5) is 0. The maximum absolute atomic E-state index is 6.01. The molecule has 2 unspecified atom stereocenters. The van der Waals surface area contributed by atoms with Crippen LogP contribution < -0.4 is 11.1 Å². The van der Waals surface area contributed by atoms with Gasteiger partial charge < -0.3 is 11.1 Å². The number of hydrogen-bond acceptors (Lipinski definition) is 2. The Balaban J connectivity index is 1.91. The lowest BCUT2D eigenvalue weighted by atomic mass is 9.91. The van der Waals surface area contributed by atoms with Crippen molar-refractivity contribution in [2.24, 2.45) is 5.73 Å². The fourth-order valence-electron chi connectivity index (χ4n) is 2.58. The van der Waals surface area contributed by atoms with E-state index in [1.54, 1.807) is 0 Å². The molecule has 0 bridgehead atoms. The van der Waals surface area contributed by atoms with E-state index in [4.69, 9.17) is 5.73 Å². The van der Waals surface area contributed by atoms with Gasteiger partial charge in [-0.25, -0.2) is 0 Å². The van der Waals surface area contributed by atoms with Crippen molar-refractivity contribution in [3.05, 3.63) is 34.3 Å². The van der Waals surface area contributed by atoms with E-state index in [-0.39, 0.29) is 0 Å². The molecule has 3 N–H and O–H groups in total. The molecule has 1 aliphatic rings. The summed E-state index contributed by atoms with van der Waals surface area (Å²) in [6.07, 6.45) is 4.81. The zero-order valence-corrected chi connectivity index (χ0v) is 11.9. The van der Waals surface area contributed by atoms with Gasteiger partial charge in [0.05, 0.1) is 0 Å². The van der Waals surface area contributed by atoms with Crippen molar-refractivity contribution in [3.8, 4) is 0 Å². The molecule has 0 heterocycles. The Bertz CT molecular complexity index is 350. The van der Waals surface area contributed by atoms with Crippen LogP contribution in [0.2, 0.25) is 0 Å². The highest BCUT2D eigenvalue weighted by Gasteiger charge is 2.20. The highest BCUT2D eigenvalue weighted by molar-refractivity contribution is 9.10. The fraction of sp³-hybridized carbons (Fsp3) is 0.571. The lowest BCUT2D eigenvalue weighted by Crippen LogP contribution is -2.40. The standard InChI is InChI=1S/C14H21BrN2/c1-10(11-5-7-12(15)8-6-11)17-14-4-2-3-13(16)9-14/h5-8,10,13-14,17H,2-4,9,16H2,1H3/t10-,13?,14?/m1/s1. The van der Waals surface area contributed by atoms with Gasteiger partial charge in [0.1, 0.15) is 0 Å². The SMILES string of the molecule is C[C@@H](NC1CCCC(N)C1)c1ccc(Br)cc1. The summed E-state index contributed by atoms with van der Waals surface area (Å²) < 4.78 is 1.13. The fourth-order valence-corrected chi connectivity index (χ4v) is 2.84. The molecular weight excluding hydrogens is 276 g/mol. The maximum Gasteiger partial charge on any atom is 0.0294 e. The first-order valence-corrected chi connectivity index (χ1v) is 7.21. The van der Waals surface area contributed by atoms with Crippen LogP contribution in [0.3, 0.4) is 0 Å². The van der Waals surface area contributed by atoms with Gasteiger partial charge in [0.25, 0.3) is 0 Å². The molecular formula is C14H21BrN2. The van der Waals surface area contributed by atoms with Gasteiger partial charge in [0.2, 0.25) is 0 Å². The van der Waals surface area contributed by atoms with E-state index < -0.39 is 0 Å². The van der Waals surface area contributed by atoms with Crippen molar-refractivity contribution < 1.29 is 0 Å². The third kappa shape index (κ3) is 3.80. The lowest BCUT2D eigenvalue weighted by molar-refractivity contribution is 0.319. The first-order chi connectivity index (χ1) is 8.15. The molecule has 0 saturated heterocycles. The number of halogens is 1. The molecule has 3 heteroatoms. The predicted molar refractivity (Wildman–Crippen MR) is 75.9 cm³/mol. The largest absolute Gasteiger partial charge is 0.328 e. The predicted octanol–water partition coefficient (Wildman–Crippen LogP) is 3.37. The van der Waals surface area contributed by atoms with Crippen LogP contribution in [0, 0.1) is 0 Å². The highest BCUT2D eigenvalue weighted by atomic mass is 79.9. The van der Waals surface area contributed by atoms with Crippen LogP contribution in [0.25, 0.3) is 0 Å². The van der Waals surface area contributed by atoms with E-state index >= 15 is 0 Å². The van der Waals surface area contributed by atoms with Gasteiger partial charge in [-0.2, -0.15) is 0 Å². The molecule has 2 nitrogen and oxygen atoms in total. The molecule has 0 aromatic heterocycles. The molecule has 1 fully saturated rings. The van der Waals surface area contributed by atoms with E-state index in [2.05, 4.69) is 52.4 Å². The average molecular weight is 297 g/mol. The quantitative estimate of drug-likeness (QED) is 0.897. The Labute approximate surface area is 112 Å². The number of nitrogens with two attached hydrogens (primary N) is 1. The molecule has 1 aromatic carbocycles. The van der Waals surface area contributed by atoms with Gasteiger partial charge in [-0.3, -0.25) is 0 Å². The van der Waals surface area contributed by atoms with Crippen LogP contribution in [0.1, 0.15) is 44.2 Å². The lowest BCUT2D eigenvalue weighted by Gasteiger charge is -2.30. The zero-order valence-electron chi connectivity index (χ0n) is 10.3.